The number of sulfonamides is 1. The van der Waals surface area contributed by atoms with E-state index in [1.165, 1.54) is 18.2 Å². The molecule has 0 saturated carbocycles. The fourth-order valence-electron chi connectivity index (χ4n) is 1.79. The molecule has 0 bridgehead atoms. The molecule has 0 saturated heterocycles. The number of anilines is 1. The Morgan fingerprint density at radius 2 is 2.10 bits per heavy atom. The molecule has 0 aliphatic carbocycles. The Kier molecular flexibility index (Phi) is 4.52. The van der Waals surface area contributed by atoms with E-state index in [9.17, 15) is 8.42 Å². The van der Waals surface area contributed by atoms with Crippen LogP contribution in [0, 0.1) is 11.3 Å². The SMILES string of the molecule is N#Cc1ccc(N)cc1S(=O)(=O)NCCc1ccccn1. The lowest BCUT2D eigenvalue weighted by Gasteiger charge is -2.08. The maximum Gasteiger partial charge on any atom is 0.241 e. The molecule has 0 aliphatic heterocycles. The van der Waals surface area contributed by atoms with Gasteiger partial charge >= 0.3 is 0 Å². The zero-order chi connectivity index (χ0) is 15.3. The van der Waals surface area contributed by atoms with Gasteiger partial charge in [0.1, 0.15) is 11.0 Å². The lowest BCUT2D eigenvalue weighted by molar-refractivity contribution is 0.581. The minimum absolute atomic E-state index is 0.0644. The Morgan fingerprint density at radius 3 is 2.76 bits per heavy atom. The zero-order valence-electron chi connectivity index (χ0n) is 11.2. The summed E-state index contributed by atoms with van der Waals surface area (Å²) in [7, 11) is -3.78. The summed E-state index contributed by atoms with van der Waals surface area (Å²) in [5.41, 5.74) is 6.73. The van der Waals surface area contributed by atoms with E-state index in [1.54, 1.807) is 12.3 Å². The summed E-state index contributed by atoms with van der Waals surface area (Å²) >= 11 is 0. The minimum atomic E-state index is -3.78. The first-order valence-corrected chi connectivity index (χ1v) is 7.70. The van der Waals surface area contributed by atoms with E-state index in [4.69, 9.17) is 11.0 Å². The van der Waals surface area contributed by atoms with Crippen LogP contribution in [0.25, 0.3) is 0 Å². The fourth-order valence-corrected chi connectivity index (χ4v) is 3.01. The van der Waals surface area contributed by atoms with Gasteiger partial charge in [0.2, 0.25) is 10.0 Å². The summed E-state index contributed by atoms with van der Waals surface area (Å²) in [6.45, 7) is 0.193. The van der Waals surface area contributed by atoms with Crippen molar-refractivity contribution in [1.82, 2.24) is 9.71 Å². The van der Waals surface area contributed by atoms with Crippen LogP contribution in [-0.4, -0.2) is 19.9 Å². The number of benzene rings is 1. The first-order chi connectivity index (χ1) is 10.0. The molecule has 0 spiro atoms. The predicted molar refractivity (Wildman–Crippen MR) is 78.7 cm³/mol. The van der Waals surface area contributed by atoms with Crippen LogP contribution in [0.4, 0.5) is 5.69 Å². The second-order valence-corrected chi connectivity index (χ2v) is 6.07. The van der Waals surface area contributed by atoms with Crippen molar-refractivity contribution in [1.29, 1.82) is 5.26 Å². The highest BCUT2D eigenvalue weighted by Crippen LogP contribution is 2.18. The fraction of sp³-hybridized carbons (Fsp3) is 0.143. The molecule has 2 rings (SSSR count). The Bertz CT molecular complexity index is 767. The molecule has 0 atom stereocenters. The zero-order valence-corrected chi connectivity index (χ0v) is 12.0. The number of pyridine rings is 1. The van der Waals surface area contributed by atoms with E-state index in [-0.39, 0.29) is 17.0 Å². The third-order valence-corrected chi connectivity index (χ3v) is 4.32. The molecule has 21 heavy (non-hydrogen) atoms. The maximum atomic E-state index is 12.2. The van der Waals surface area contributed by atoms with Crippen LogP contribution in [0.15, 0.2) is 47.5 Å². The highest BCUT2D eigenvalue weighted by atomic mass is 32.2. The number of nitrogen functional groups attached to an aromatic ring is 1. The van der Waals surface area contributed by atoms with Crippen LogP contribution in [0.2, 0.25) is 0 Å². The molecular formula is C14H14N4O2S. The molecule has 0 fully saturated rings. The predicted octanol–water partition coefficient (Wildman–Crippen LogP) is 1.06. The lowest BCUT2D eigenvalue weighted by Crippen LogP contribution is -2.27. The monoisotopic (exact) mass is 302 g/mol. The molecule has 2 aromatic rings. The topological polar surface area (TPSA) is 109 Å². The van der Waals surface area contributed by atoms with Gasteiger partial charge in [-0.25, -0.2) is 13.1 Å². The van der Waals surface area contributed by atoms with E-state index >= 15 is 0 Å². The summed E-state index contributed by atoms with van der Waals surface area (Å²) in [6.07, 6.45) is 2.11. The number of hydrogen-bond acceptors (Lipinski definition) is 5. The summed E-state index contributed by atoms with van der Waals surface area (Å²) in [5, 5.41) is 8.98. The van der Waals surface area contributed by atoms with Crippen LogP contribution in [0.1, 0.15) is 11.3 Å². The van der Waals surface area contributed by atoms with E-state index < -0.39 is 10.0 Å². The Balaban J connectivity index is 2.12. The van der Waals surface area contributed by atoms with Gasteiger partial charge < -0.3 is 5.73 Å². The summed E-state index contributed by atoms with van der Waals surface area (Å²) in [6, 6.07) is 11.5. The Hall–Kier alpha value is -2.43. The molecular weight excluding hydrogens is 288 g/mol. The lowest BCUT2D eigenvalue weighted by atomic mass is 10.2. The minimum Gasteiger partial charge on any atom is -0.399 e. The molecule has 0 amide bonds. The van der Waals surface area contributed by atoms with Crippen molar-refractivity contribution < 1.29 is 8.42 Å². The van der Waals surface area contributed by atoms with E-state index in [1.807, 2.05) is 18.2 Å². The molecule has 0 radical (unpaired) electrons. The van der Waals surface area contributed by atoms with Crippen LogP contribution >= 0.6 is 0 Å². The van der Waals surface area contributed by atoms with Gasteiger partial charge in [-0.3, -0.25) is 4.98 Å². The van der Waals surface area contributed by atoms with Crippen LogP contribution in [0.5, 0.6) is 0 Å². The van der Waals surface area contributed by atoms with E-state index in [0.717, 1.165) is 5.69 Å². The van der Waals surface area contributed by atoms with Gasteiger partial charge in [0.05, 0.1) is 5.56 Å². The molecule has 0 aliphatic rings. The number of nitrogens with zero attached hydrogens (tertiary/aromatic N) is 2. The molecule has 3 N–H and O–H groups in total. The molecule has 1 aromatic carbocycles. The molecule has 6 nitrogen and oxygen atoms in total. The van der Waals surface area contributed by atoms with Crippen molar-refractivity contribution in [2.45, 2.75) is 11.3 Å². The summed E-state index contributed by atoms with van der Waals surface area (Å²) in [5.74, 6) is 0. The highest BCUT2D eigenvalue weighted by Gasteiger charge is 2.18. The maximum absolute atomic E-state index is 12.2. The van der Waals surface area contributed by atoms with Gasteiger partial charge in [-0.1, -0.05) is 6.07 Å². The molecule has 1 aromatic heterocycles. The standard InChI is InChI=1S/C14H14N4O2S/c15-10-11-4-5-12(16)9-14(11)21(19,20)18-8-6-13-3-1-2-7-17-13/h1-5,7,9,18H,6,8,16H2. The second-order valence-electron chi connectivity index (χ2n) is 4.34. The van der Waals surface area contributed by atoms with Crippen LogP contribution < -0.4 is 10.5 Å². The van der Waals surface area contributed by atoms with Crippen molar-refractivity contribution in [3.8, 4) is 6.07 Å². The number of rotatable bonds is 5. The smallest absolute Gasteiger partial charge is 0.241 e. The van der Waals surface area contributed by atoms with E-state index in [0.29, 0.717) is 12.1 Å². The Labute approximate surface area is 123 Å². The van der Waals surface area contributed by atoms with Crippen molar-refractivity contribution in [2.75, 3.05) is 12.3 Å². The number of aromatic nitrogens is 1. The van der Waals surface area contributed by atoms with Gasteiger partial charge in [0, 0.05) is 30.5 Å². The second kappa shape index (κ2) is 6.35. The first kappa shape index (κ1) is 15.0. The van der Waals surface area contributed by atoms with Crippen molar-refractivity contribution in [3.63, 3.8) is 0 Å². The number of nitrogens with two attached hydrogens (primary N) is 1. The average molecular weight is 302 g/mol. The molecule has 7 heteroatoms. The quantitative estimate of drug-likeness (QED) is 0.803. The van der Waals surface area contributed by atoms with Gasteiger partial charge in [0.15, 0.2) is 0 Å². The Morgan fingerprint density at radius 1 is 1.29 bits per heavy atom. The molecule has 1 heterocycles. The van der Waals surface area contributed by atoms with E-state index in [2.05, 4.69) is 9.71 Å². The van der Waals surface area contributed by atoms with Crippen molar-refractivity contribution in [3.05, 3.63) is 53.9 Å². The van der Waals surface area contributed by atoms with Gasteiger partial charge in [0.25, 0.3) is 0 Å². The van der Waals surface area contributed by atoms with Gasteiger partial charge in [-0.05, 0) is 30.3 Å². The van der Waals surface area contributed by atoms with Crippen LogP contribution in [0.3, 0.4) is 0 Å². The largest absolute Gasteiger partial charge is 0.399 e. The average Bonchev–Trinajstić information content (AvgIpc) is 2.48. The van der Waals surface area contributed by atoms with Gasteiger partial charge in [-0.2, -0.15) is 5.26 Å². The number of nitriles is 1. The van der Waals surface area contributed by atoms with Gasteiger partial charge in [-0.15, -0.1) is 0 Å². The first-order valence-electron chi connectivity index (χ1n) is 6.22. The highest BCUT2D eigenvalue weighted by molar-refractivity contribution is 7.89. The van der Waals surface area contributed by atoms with Crippen molar-refractivity contribution in [2.24, 2.45) is 0 Å². The van der Waals surface area contributed by atoms with Crippen molar-refractivity contribution >= 4 is 15.7 Å². The summed E-state index contributed by atoms with van der Waals surface area (Å²) < 4.78 is 26.9. The number of nitrogens with one attached hydrogen (secondary N) is 1. The molecule has 108 valence electrons. The normalized spacial score (nSPS) is 11.0. The molecule has 0 unspecified atom stereocenters. The third-order valence-electron chi connectivity index (χ3n) is 2.82. The number of hydrogen-bond donors (Lipinski definition) is 2. The van der Waals surface area contributed by atoms with Crippen LogP contribution in [-0.2, 0) is 16.4 Å². The third kappa shape index (κ3) is 3.78. The summed E-state index contributed by atoms with van der Waals surface area (Å²) in [4.78, 5) is 4.01.